The lowest BCUT2D eigenvalue weighted by molar-refractivity contribution is 0.0105. The Bertz CT molecular complexity index is 252. The summed E-state index contributed by atoms with van der Waals surface area (Å²) in [5, 5.41) is 3.61. The quantitative estimate of drug-likeness (QED) is 0.786. The molecule has 2 rings (SSSR count). The Morgan fingerprint density at radius 1 is 1.11 bits per heavy atom. The van der Waals surface area contributed by atoms with E-state index in [0.717, 1.165) is 18.0 Å². The van der Waals surface area contributed by atoms with E-state index >= 15 is 0 Å². The second kappa shape index (κ2) is 7.64. The van der Waals surface area contributed by atoms with Crippen LogP contribution in [0.15, 0.2) is 0 Å². The third-order valence-electron chi connectivity index (χ3n) is 5.57. The van der Waals surface area contributed by atoms with Crippen LogP contribution in [-0.2, 0) is 0 Å². The highest BCUT2D eigenvalue weighted by Crippen LogP contribution is 2.37. The van der Waals surface area contributed by atoms with Gasteiger partial charge in [0.05, 0.1) is 0 Å². The van der Waals surface area contributed by atoms with Crippen LogP contribution in [-0.4, -0.2) is 36.6 Å². The van der Waals surface area contributed by atoms with Crippen molar-refractivity contribution in [3.05, 3.63) is 0 Å². The van der Waals surface area contributed by atoms with Crippen molar-refractivity contribution in [1.82, 2.24) is 10.2 Å². The lowest BCUT2D eigenvalue weighted by Crippen LogP contribution is -2.57. The summed E-state index contributed by atoms with van der Waals surface area (Å²) >= 11 is 0. The smallest absolute Gasteiger partial charge is 0.0249 e. The van der Waals surface area contributed by atoms with Gasteiger partial charge in [-0.1, -0.05) is 33.1 Å². The van der Waals surface area contributed by atoms with Crippen LogP contribution in [0.1, 0.15) is 71.6 Å². The molecule has 1 saturated heterocycles. The minimum atomic E-state index is 0.690. The predicted molar refractivity (Wildman–Crippen MR) is 83.5 cm³/mol. The maximum Gasteiger partial charge on any atom is 0.0249 e. The minimum Gasteiger partial charge on any atom is -0.315 e. The molecule has 0 aromatic carbocycles. The van der Waals surface area contributed by atoms with Crippen molar-refractivity contribution in [2.75, 3.05) is 13.6 Å². The van der Waals surface area contributed by atoms with E-state index in [1.807, 2.05) is 0 Å². The first-order valence-electron chi connectivity index (χ1n) is 8.74. The van der Waals surface area contributed by atoms with Crippen LogP contribution in [0.4, 0.5) is 0 Å². The average Bonchev–Trinajstić information content (AvgIpc) is 2.47. The van der Waals surface area contributed by atoms with Crippen molar-refractivity contribution in [1.29, 1.82) is 0 Å². The normalized spacial score (nSPS) is 31.7. The van der Waals surface area contributed by atoms with E-state index in [2.05, 4.69) is 31.1 Å². The second-order valence-electron chi connectivity index (χ2n) is 6.65. The molecule has 0 radical (unpaired) electrons. The molecule has 0 aromatic rings. The number of fused-ring (bicyclic) bond motifs is 1. The van der Waals surface area contributed by atoms with Gasteiger partial charge in [-0.05, 0) is 58.0 Å². The van der Waals surface area contributed by atoms with E-state index < -0.39 is 0 Å². The molecule has 0 amide bonds. The number of piperidine rings is 1. The first-order chi connectivity index (χ1) is 9.31. The summed E-state index contributed by atoms with van der Waals surface area (Å²) in [5.74, 6) is 1.01. The number of likely N-dealkylation sites (tertiary alicyclic amines) is 1. The predicted octanol–water partition coefficient (Wildman–Crippen LogP) is 3.81. The standard InChI is InChI=1S/C17H34N2/c1-4-9-15(18-3)16(5-2)19-13-8-11-14-10-6-7-12-17(14)19/h14-18H,4-13H2,1-3H3. The maximum absolute atomic E-state index is 3.61. The number of rotatable bonds is 6. The molecule has 2 heteroatoms. The summed E-state index contributed by atoms with van der Waals surface area (Å²) in [6.07, 6.45) is 12.7. The Morgan fingerprint density at radius 3 is 2.53 bits per heavy atom. The summed E-state index contributed by atoms with van der Waals surface area (Å²) in [6.45, 7) is 6.05. The molecule has 1 heterocycles. The number of hydrogen-bond acceptors (Lipinski definition) is 2. The van der Waals surface area contributed by atoms with Gasteiger partial charge < -0.3 is 5.32 Å². The van der Waals surface area contributed by atoms with Crippen molar-refractivity contribution in [3.8, 4) is 0 Å². The summed E-state index contributed by atoms with van der Waals surface area (Å²) in [7, 11) is 2.16. The van der Waals surface area contributed by atoms with Gasteiger partial charge in [0, 0.05) is 18.1 Å². The molecule has 1 aliphatic carbocycles. The van der Waals surface area contributed by atoms with Crippen molar-refractivity contribution in [2.45, 2.75) is 89.8 Å². The summed E-state index contributed by atoms with van der Waals surface area (Å²) in [6, 6.07) is 2.35. The second-order valence-corrected chi connectivity index (χ2v) is 6.65. The van der Waals surface area contributed by atoms with Gasteiger partial charge in [0.1, 0.15) is 0 Å². The lowest BCUT2D eigenvalue weighted by atomic mass is 9.77. The van der Waals surface area contributed by atoms with Gasteiger partial charge in [-0.2, -0.15) is 0 Å². The highest BCUT2D eigenvalue weighted by Gasteiger charge is 2.37. The van der Waals surface area contributed by atoms with Crippen molar-refractivity contribution in [2.24, 2.45) is 5.92 Å². The summed E-state index contributed by atoms with van der Waals surface area (Å²) < 4.78 is 0. The third kappa shape index (κ3) is 3.52. The van der Waals surface area contributed by atoms with Crippen molar-refractivity contribution >= 4 is 0 Å². The van der Waals surface area contributed by atoms with Gasteiger partial charge in [0.25, 0.3) is 0 Å². The number of nitrogens with one attached hydrogen (secondary N) is 1. The zero-order chi connectivity index (χ0) is 13.7. The molecule has 112 valence electrons. The van der Waals surface area contributed by atoms with Crippen LogP contribution in [0.5, 0.6) is 0 Å². The molecular weight excluding hydrogens is 232 g/mol. The molecule has 4 unspecified atom stereocenters. The fourth-order valence-corrected chi connectivity index (χ4v) is 4.67. The topological polar surface area (TPSA) is 15.3 Å². The molecule has 1 aliphatic heterocycles. The van der Waals surface area contributed by atoms with Crippen molar-refractivity contribution in [3.63, 3.8) is 0 Å². The lowest BCUT2D eigenvalue weighted by Gasteiger charge is -2.49. The van der Waals surface area contributed by atoms with Gasteiger partial charge in [-0.3, -0.25) is 4.90 Å². The molecule has 19 heavy (non-hydrogen) atoms. The summed E-state index contributed by atoms with van der Waals surface area (Å²) in [5.41, 5.74) is 0. The molecule has 2 aliphatic rings. The number of nitrogens with zero attached hydrogens (tertiary/aromatic N) is 1. The monoisotopic (exact) mass is 266 g/mol. The maximum atomic E-state index is 3.61. The van der Waals surface area contributed by atoms with E-state index in [0.29, 0.717) is 6.04 Å². The highest BCUT2D eigenvalue weighted by molar-refractivity contribution is 4.93. The van der Waals surface area contributed by atoms with Crippen LogP contribution in [0.25, 0.3) is 0 Å². The van der Waals surface area contributed by atoms with Crippen LogP contribution >= 0.6 is 0 Å². The van der Waals surface area contributed by atoms with Crippen LogP contribution < -0.4 is 5.32 Å². The van der Waals surface area contributed by atoms with E-state index in [9.17, 15) is 0 Å². The van der Waals surface area contributed by atoms with E-state index in [-0.39, 0.29) is 0 Å². The van der Waals surface area contributed by atoms with Gasteiger partial charge in [-0.15, -0.1) is 0 Å². The molecule has 0 aromatic heterocycles. The Labute approximate surface area is 120 Å². The Hall–Kier alpha value is -0.0800. The molecule has 1 N–H and O–H groups in total. The van der Waals surface area contributed by atoms with E-state index in [4.69, 9.17) is 0 Å². The minimum absolute atomic E-state index is 0.690. The third-order valence-corrected chi connectivity index (χ3v) is 5.57. The van der Waals surface area contributed by atoms with Crippen LogP contribution in [0.3, 0.4) is 0 Å². The number of hydrogen-bond donors (Lipinski definition) is 1. The van der Waals surface area contributed by atoms with Crippen LogP contribution in [0.2, 0.25) is 0 Å². The van der Waals surface area contributed by atoms with Gasteiger partial charge >= 0.3 is 0 Å². The Balaban J connectivity index is 2.06. The molecular formula is C17H34N2. The zero-order valence-electron chi connectivity index (χ0n) is 13.3. The Morgan fingerprint density at radius 2 is 1.84 bits per heavy atom. The van der Waals surface area contributed by atoms with E-state index in [1.54, 1.807) is 0 Å². The average molecular weight is 266 g/mol. The van der Waals surface area contributed by atoms with E-state index in [1.165, 1.54) is 64.3 Å². The number of likely N-dealkylation sites (N-methyl/N-ethyl adjacent to an activating group) is 1. The van der Waals surface area contributed by atoms with Gasteiger partial charge in [0.15, 0.2) is 0 Å². The molecule has 0 spiro atoms. The first-order valence-corrected chi connectivity index (χ1v) is 8.74. The molecule has 2 nitrogen and oxygen atoms in total. The largest absolute Gasteiger partial charge is 0.315 e. The molecule has 2 fully saturated rings. The molecule has 1 saturated carbocycles. The fraction of sp³-hybridized carbons (Fsp3) is 1.00. The fourth-order valence-electron chi connectivity index (χ4n) is 4.67. The van der Waals surface area contributed by atoms with Gasteiger partial charge in [-0.25, -0.2) is 0 Å². The molecule has 0 bridgehead atoms. The van der Waals surface area contributed by atoms with Crippen LogP contribution in [0, 0.1) is 5.92 Å². The van der Waals surface area contributed by atoms with Crippen molar-refractivity contribution < 1.29 is 0 Å². The van der Waals surface area contributed by atoms with Gasteiger partial charge in [0.2, 0.25) is 0 Å². The first kappa shape index (κ1) is 15.3. The highest BCUT2D eigenvalue weighted by atomic mass is 15.2. The Kier molecular flexibility index (Phi) is 6.15. The molecule has 4 atom stereocenters. The zero-order valence-corrected chi connectivity index (χ0v) is 13.3. The summed E-state index contributed by atoms with van der Waals surface area (Å²) in [4.78, 5) is 2.91. The SMILES string of the molecule is CCCC(NC)C(CC)N1CCCC2CCCCC21.